The Morgan fingerprint density at radius 3 is 2.81 bits per heavy atom. The van der Waals surface area contributed by atoms with E-state index in [2.05, 4.69) is 12.1 Å². The molecule has 2 aromatic carbocycles. The maximum Gasteiger partial charge on any atom is 0.126 e. The highest BCUT2D eigenvalue weighted by molar-refractivity contribution is 6.30. The highest BCUT2D eigenvalue weighted by atomic mass is 35.5. The van der Waals surface area contributed by atoms with Crippen LogP contribution >= 0.6 is 11.6 Å². The standard InChI is InChI=1S/C18H18ClFO/c19-15-7-8-17(20)14(10-15)11-18(12-21)9-3-5-13-4-1-2-6-16(13)18/h1-2,4,6-8,10,21H,3,5,9,11-12H2. The largest absolute Gasteiger partial charge is 0.395 e. The Morgan fingerprint density at radius 1 is 1.19 bits per heavy atom. The number of rotatable bonds is 3. The van der Waals surface area contributed by atoms with E-state index >= 15 is 0 Å². The predicted molar refractivity (Wildman–Crippen MR) is 83.3 cm³/mol. The summed E-state index contributed by atoms with van der Waals surface area (Å²) in [4.78, 5) is 0. The van der Waals surface area contributed by atoms with Crippen molar-refractivity contribution in [3.63, 3.8) is 0 Å². The minimum atomic E-state index is -0.402. The van der Waals surface area contributed by atoms with Crippen LogP contribution in [0.15, 0.2) is 42.5 Å². The summed E-state index contributed by atoms with van der Waals surface area (Å²) in [5.41, 5.74) is 2.59. The third-order valence-electron chi connectivity index (χ3n) is 4.53. The van der Waals surface area contributed by atoms with Gasteiger partial charge in [0.2, 0.25) is 0 Å². The van der Waals surface area contributed by atoms with Gasteiger partial charge in [-0.3, -0.25) is 0 Å². The van der Waals surface area contributed by atoms with Gasteiger partial charge in [-0.25, -0.2) is 4.39 Å². The molecule has 3 heteroatoms. The van der Waals surface area contributed by atoms with Gasteiger partial charge < -0.3 is 5.11 Å². The molecule has 1 aliphatic rings. The van der Waals surface area contributed by atoms with Gasteiger partial charge >= 0.3 is 0 Å². The molecule has 0 radical (unpaired) electrons. The summed E-state index contributed by atoms with van der Waals surface area (Å²) in [5, 5.41) is 10.6. The average molecular weight is 305 g/mol. The summed E-state index contributed by atoms with van der Waals surface area (Å²) in [5.74, 6) is -0.254. The minimum Gasteiger partial charge on any atom is -0.395 e. The number of hydrogen-bond acceptors (Lipinski definition) is 1. The smallest absolute Gasteiger partial charge is 0.126 e. The molecule has 0 spiro atoms. The lowest BCUT2D eigenvalue weighted by Crippen LogP contribution is -2.37. The van der Waals surface area contributed by atoms with Crippen molar-refractivity contribution >= 4 is 11.6 Å². The molecule has 1 unspecified atom stereocenters. The maximum absolute atomic E-state index is 14.1. The highest BCUT2D eigenvalue weighted by Crippen LogP contribution is 2.40. The van der Waals surface area contributed by atoms with Gasteiger partial charge in [0.05, 0.1) is 6.61 Å². The first kappa shape index (κ1) is 14.6. The van der Waals surface area contributed by atoms with Crippen molar-refractivity contribution in [2.45, 2.75) is 31.1 Å². The third kappa shape index (κ3) is 2.70. The van der Waals surface area contributed by atoms with Gasteiger partial charge in [0.1, 0.15) is 5.82 Å². The molecule has 0 aliphatic heterocycles. The summed E-state index contributed by atoms with van der Waals surface area (Å²) in [6.07, 6.45) is 3.38. The fraction of sp³-hybridized carbons (Fsp3) is 0.333. The number of halogens is 2. The summed E-state index contributed by atoms with van der Waals surface area (Å²) >= 11 is 5.99. The summed E-state index contributed by atoms with van der Waals surface area (Å²) in [6.45, 7) is 0.0238. The number of fused-ring (bicyclic) bond motifs is 1. The molecule has 110 valence electrons. The molecule has 0 saturated heterocycles. The Hall–Kier alpha value is -1.38. The van der Waals surface area contributed by atoms with E-state index in [1.54, 1.807) is 12.1 Å². The van der Waals surface area contributed by atoms with Crippen LogP contribution in [0.3, 0.4) is 0 Å². The van der Waals surface area contributed by atoms with Crippen molar-refractivity contribution in [3.8, 4) is 0 Å². The number of aliphatic hydroxyl groups is 1. The molecular formula is C18H18ClFO. The van der Waals surface area contributed by atoms with E-state index in [9.17, 15) is 9.50 Å². The van der Waals surface area contributed by atoms with Crippen LogP contribution in [0.2, 0.25) is 5.02 Å². The molecule has 1 atom stereocenters. The second-order valence-electron chi connectivity index (χ2n) is 5.86. The van der Waals surface area contributed by atoms with Gasteiger partial charge in [-0.05, 0) is 60.6 Å². The number of aryl methyl sites for hydroxylation is 1. The number of hydrogen-bond donors (Lipinski definition) is 1. The summed E-state index contributed by atoms with van der Waals surface area (Å²) in [6, 6.07) is 12.8. The van der Waals surface area contributed by atoms with E-state index in [0.29, 0.717) is 17.0 Å². The molecule has 1 nitrogen and oxygen atoms in total. The van der Waals surface area contributed by atoms with Gasteiger partial charge in [-0.1, -0.05) is 35.9 Å². The molecule has 0 heterocycles. The van der Waals surface area contributed by atoms with Crippen molar-refractivity contribution in [2.75, 3.05) is 6.61 Å². The molecule has 0 saturated carbocycles. The molecule has 0 amide bonds. The lowest BCUT2D eigenvalue weighted by molar-refractivity contribution is 0.172. The molecule has 1 aliphatic carbocycles. The van der Waals surface area contributed by atoms with Crippen LogP contribution < -0.4 is 0 Å². The van der Waals surface area contributed by atoms with Gasteiger partial charge in [-0.2, -0.15) is 0 Å². The lowest BCUT2D eigenvalue weighted by Gasteiger charge is -2.38. The topological polar surface area (TPSA) is 20.2 Å². The zero-order valence-electron chi connectivity index (χ0n) is 11.8. The van der Waals surface area contributed by atoms with Crippen molar-refractivity contribution < 1.29 is 9.50 Å². The molecule has 21 heavy (non-hydrogen) atoms. The fourth-order valence-electron chi connectivity index (χ4n) is 3.45. The molecule has 3 rings (SSSR count). The van der Waals surface area contributed by atoms with Crippen LogP contribution in [0, 0.1) is 5.82 Å². The van der Waals surface area contributed by atoms with Crippen molar-refractivity contribution in [3.05, 3.63) is 70.0 Å². The molecule has 2 aromatic rings. The first-order valence-corrected chi connectivity index (χ1v) is 7.66. The summed E-state index contributed by atoms with van der Waals surface area (Å²) in [7, 11) is 0. The van der Waals surface area contributed by atoms with E-state index in [4.69, 9.17) is 11.6 Å². The molecule has 0 bridgehead atoms. The molecule has 0 fully saturated rings. The van der Waals surface area contributed by atoms with Crippen LogP contribution in [0.1, 0.15) is 29.5 Å². The van der Waals surface area contributed by atoms with Crippen molar-refractivity contribution in [1.82, 2.24) is 0 Å². The Balaban J connectivity index is 2.04. The van der Waals surface area contributed by atoms with E-state index in [1.165, 1.54) is 11.6 Å². The Bertz CT molecular complexity index is 655. The van der Waals surface area contributed by atoms with E-state index < -0.39 is 5.41 Å². The molecular weight excluding hydrogens is 287 g/mol. The second-order valence-corrected chi connectivity index (χ2v) is 6.30. The monoisotopic (exact) mass is 304 g/mol. The average Bonchev–Trinajstić information content (AvgIpc) is 2.51. The predicted octanol–water partition coefficient (Wildman–Crippen LogP) is 4.29. The van der Waals surface area contributed by atoms with E-state index in [0.717, 1.165) is 24.8 Å². The zero-order chi connectivity index (χ0) is 14.9. The van der Waals surface area contributed by atoms with E-state index in [1.807, 2.05) is 12.1 Å². The zero-order valence-corrected chi connectivity index (χ0v) is 12.5. The van der Waals surface area contributed by atoms with Crippen LogP contribution in [0.25, 0.3) is 0 Å². The SMILES string of the molecule is OCC1(Cc2cc(Cl)ccc2F)CCCc2ccccc21. The third-order valence-corrected chi connectivity index (χ3v) is 4.76. The molecule has 0 aromatic heterocycles. The minimum absolute atomic E-state index is 0.0238. The normalized spacial score (nSPS) is 21.1. The fourth-order valence-corrected chi connectivity index (χ4v) is 3.65. The molecule has 1 N–H and O–H groups in total. The van der Waals surface area contributed by atoms with Crippen LogP contribution in [-0.4, -0.2) is 11.7 Å². The lowest BCUT2D eigenvalue weighted by atomic mass is 9.67. The second kappa shape index (κ2) is 5.78. The number of aliphatic hydroxyl groups excluding tert-OH is 1. The Kier molecular flexibility index (Phi) is 4.01. The Labute approximate surface area is 129 Å². The van der Waals surface area contributed by atoms with Crippen LogP contribution in [0.4, 0.5) is 4.39 Å². The highest BCUT2D eigenvalue weighted by Gasteiger charge is 2.36. The van der Waals surface area contributed by atoms with Gasteiger partial charge in [0, 0.05) is 10.4 Å². The van der Waals surface area contributed by atoms with Crippen molar-refractivity contribution in [1.29, 1.82) is 0 Å². The van der Waals surface area contributed by atoms with Gasteiger partial charge in [0.25, 0.3) is 0 Å². The first-order chi connectivity index (χ1) is 10.1. The summed E-state index contributed by atoms with van der Waals surface area (Å²) < 4.78 is 14.1. The van der Waals surface area contributed by atoms with Gasteiger partial charge in [0.15, 0.2) is 0 Å². The Morgan fingerprint density at radius 2 is 2.00 bits per heavy atom. The van der Waals surface area contributed by atoms with Crippen LogP contribution in [-0.2, 0) is 18.3 Å². The van der Waals surface area contributed by atoms with E-state index in [-0.39, 0.29) is 12.4 Å². The quantitative estimate of drug-likeness (QED) is 0.897. The first-order valence-electron chi connectivity index (χ1n) is 7.28. The van der Waals surface area contributed by atoms with Crippen LogP contribution in [0.5, 0.6) is 0 Å². The maximum atomic E-state index is 14.1. The van der Waals surface area contributed by atoms with Crippen molar-refractivity contribution in [2.24, 2.45) is 0 Å². The van der Waals surface area contributed by atoms with Gasteiger partial charge in [-0.15, -0.1) is 0 Å². The number of benzene rings is 2.